The maximum Gasteiger partial charge on any atom is 0.501 e. The van der Waals surface area contributed by atoms with Gasteiger partial charge in [0.05, 0.1) is 4.90 Å². The first-order valence-electron chi connectivity index (χ1n) is 5.24. The Morgan fingerprint density at radius 1 is 1.18 bits per heavy atom. The Hall–Kier alpha value is -1.04. The van der Waals surface area contributed by atoms with Crippen LogP contribution in [0, 0.1) is 0 Å². The largest absolute Gasteiger partial charge is 0.501 e. The molecule has 6 heteroatoms. The molecule has 0 atom stereocenters. The van der Waals surface area contributed by atoms with E-state index < -0.39 is 20.2 Å². The minimum Gasteiger partial charge on any atom is -0.214 e. The molecule has 1 aromatic rings. The highest BCUT2D eigenvalue weighted by Gasteiger charge is 2.46. The van der Waals surface area contributed by atoms with Gasteiger partial charge in [-0.2, -0.15) is 13.2 Å². The van der Waals surface area contributed by atoms with Crippen molar-refractivity contribution in [3.8, 4) is 0 Å². The standard InChI is InChI=1S/C11H11F3O2S/c12-11(13,14)17(15,16)10-6-2-5-9(7-10)8-3-1-4-8/h2,5-8H,1,3-4H2. The maximum absolute atomic E-state index is 12.4. The first-order chi connectivity index (χ1) is 7.82. The number of alkyl halides is 3. The molecule has 1 aliphatic carbocycles. The third-order valence-electron chi connectivity index (χ3n) is 3.05. The topological polar surface area (TPSA) is 34.1 Å². The van der Waals surface area contributed by atoms with Gasteiger partial charge in [0, 0.05) is 0 Å². The number of benzene rings is 1. The zero-order chi connectivity index (χ0) is 12.7. The lowest BCUT2D eigenvalue weighted by atomic mass is 9.80. The van der Waals surface area contributed by atoms with Crippen LogP contribution in [0.2, 0.25) is 0 Å². The van der Waals surface area contributed by atoms with Crippen LogP contribution in [0.5, 0.6) is 0 Å². The molecule has 0 N–H and O–H groups in total. The molecule has 0 spiro atoms. The SMILES string of the molecule is O=S(=O)(c1cccc(C2CCC2)c1)C(F)(F)F. The molecule has 0 aliphatic heterocycles. The van der Waals surface area contributed by atoms with Crippen molar-refractivity contribution in [2.45, 2.75) is 35.6 Å². The molecule has 0 amide bonds. The summed E-state index contributed by atoms with van der Waals surface area (Å²) < 4.78 is 59.5. The monoisotopic (exact) mass is 264 g/mol. The van der Waals surface area contributed by atoms with Crippen LogP contribution in [0.3, 0.4) is 0 Å². The summed E-state index contributed by atoms with van der Waals surface area (Å²) in [5, 5.41) is 0. The normalized spacial score (nSPS) is 17.8. The molecule has 0 aromatic heterocycles. The zero-order valence-electron chi connectivity index (χ0n) is 8.87. The van der Waals surface area contributed by atoms with Crippen LogP contribution >= 0.6 is 0 Å². The van der Waals surface area contributed by atoms with Gasteiger partial charge in [0.25, 0.3) is 9.84 Å². The first-order valence-corrected chi connectivity index (χ1v) is 6.72. The molecular formula is C11H11F3O2S. The summed E-state index contributed by atoms with van der Waals surface area (Å²) in [5.41, 5.74) is -4.55. The Bertz CT molecular complexity index is 516. The summed E-state index contributed by atoms with van der Waals surface area (Å²) in [6, 6.07) is 5.18. The molecule has 1 fully saturated rings. The summed E-state index contributed by atoms with van der Waals surface area (Å²) in [6.45, 7) is 0. The summed E-state index contributed by atoms with van der Waals surface area (Å²) >= 11 is 0. The van der Waals surface area contributed by atoms with Crippen molar-refractivity contribution in [1.82, 2.24) is 0 Å². The summed E-state index contributed by atoms with van der Waals surface area (Å²) in [7, 11) is -5.22. The number of hydrogen-bond acceptors (Lipinski definition) is 2. The highest BCUT2D eigenvalue weighted by molar-refractivity contribution is 7.92. The van der Waals surface area contributed by atoms with Crippen molar-refractivity contribution in [2.75, 3.05) is 0 Å². The molecule has 1 saturated carbocycles. The summed E-state index contributed by atoms with van der Waals surface area (Å²) in [5.74, 6) is 0.207. The van der Waals surface area contributed by atoms with E-state index in [2.05, 4.69) is 0 Å². The first kappa shape index (κ1) is 12.4. The van der Waals surface area contributed by atoms with Crippen LogP contribution in [0.4, 0.5) is 13.2 Å². The van der Waals surface area contributed by atoms with Crippen LogP contribution in [0.15, 0.2) is 29.2 Å². The van der Waals surface area contributed by atoms with E-state index in [1.54, 1.807) is 6.07 Å². The van der Waals surface area contributed by atoms with Gasteiger partial charge in [0.1, 0.15) is 0 Å². The molecule has 17 heavy (non-hydrogen) atoms. The average Bonchev–Trinajstić information content (AvgIpc) is 2.13. The Morgan fingerprint density at radius 3 is 2.29 bits per heavy atom. The fourth-order valence-corrected chi connectivity index (χ4v) is 2.63. The van der Waals surface area contributed by atoms with E-state index in [4.69, 9.17) is 0 Å². The number of hydrogen-bond donors (Lipinski definition) is 0. The summed E-state index contributed by atoms with van der Waals surface area (Å²) in [6.07, 6.45) is 2.87. The number of rotatable bonds is 2. The lowest BCUT2D eigenvalue weighted by Gasteiger charge is -2.26. The minimum atomic E-state index is -5.23. The quantitative estimate of drug-likeness (QED) is 0.821. The lowest BCUT2D eigenvalue weighted by molar-refractivity contribution is -0.0436. The predicted molar refractivity (Wildman–Crippen MR) is 56.3 cm³/mol. The molecule has 0 unspecified atom stereocenters. The van der Waals surface area contributed by atoms with E-state index >= 15 is 0 Å². The minimum absolute atomic E-state index is 0.207. The molecule has 0 saturated heterocycles. The van der Waals surface area contributed by atoms with Crippen LogP contribution in [0.1, 0.15) is 30.7 Å². The van der Waals surface area contributed by atoms with Gasteiger partial charge in [0.2, 0.25) is 0 Å². The Labute approximate surface area is 97.4 Å². The van der Waals surface area contributed by atoms with Crippen LogP contribution in [-0.2, 0) is 9.84 Å². The molecule has 1 aromatic carbocycles. The summed E-state index contributed by atoms with van der Waals surface area (Å²) in [4.78, 5) is -0.658. The van der Waals surface area contributed by atoms with Crippen molar-refractivity contribution in [3.05, 3.63) is 29.8 Å². The van der Waals surface area contributed by atoms with Crippen LogP contribution in [-0.4, -0.2) is 13.9 Å². The van der Waals surface area contributed by atoms with Crippen molar-refractivity contribution in [3.63, 3.8) is 0 Å². The van der Waals surface area contributed by atoms with Crippen molar-refractivity contribution >= 4 is 9.84 Å². The van der Waals surface area contributed by atoms with Gasteiger partial charge in [-0.3, -0.25) is 0 Å². The van der Waals surface area contributed by atoms with Crippen molar-refractivity contribution < 1.29 is 21.6 Å². The van der Waals surface area contributed by atoms with Crippen molar-refractivity contribution in [1.29, 1.82) is 0 Å². The van der Waals surface area contributed by atoms with Crippen LogP contribution < -0.4 is 0 Å². The van der Waals surface area contributed by atoms with Crippen molar-refractivity contribution in [2.24, 2.45) is 0 Å². The Balaban J connectivity index is 2.40. The fourth-order valence-electron chi connectivity index (χ4n) is 1.81. The smallest absolute Gasteiger partial charge is 0.214 e. The third kappa shape index (κ3) is 2.18. The lowest BCUT2D eigenvalue weighted by Crippen LogP contribution is -2.23. The van der Waals surface area contributed by atoms with Gasteiger partial charge in [0.15, 0.2) is 0 Å². The average molecular weight is 264 g/mol. The molecule has 1 aliphatic rings. The van der Waals surface area contributed by atoms with E-state index in [-0.39, 0.29) is 5.92 Å². The van der Waals surface area contributed by atoms with E-state index in [9.17, 15) is 21.6 Å². The second-order valence-electron chi connectivity index (χ2n) is 4.15. The second kappa shape index (κ2) is 4.01. The fraction of sp³-hybridized carbons (Fsp3) is 0.455. The van der Waals surface area contributed by atoms with Gasteiger partial charge in [-0.15, -0.1) is 0 Å². The predicted octanol–water partition coefficient (Wildman–Crippen LogP) is 3.25. The van der Waals surface area contributed by atoms with Gasteiger partial charge in [-0.05, 0) is 36.5 Å². The molecule has 94 valence electrons. The molecular weight excluding hydrogens is 253 g/mol. The molecule has 2 nitrogen and oxygen atoms in total. The van der Waals surface area contributed by atoms with E-state index in [1.807, 2.05) is 0 Å². The second-order valence-corrected chi connectivity index (χ2v) is 6.09. The van der Waals surface area contributed by atoms with E-state index in [0.717, 1.165) is 31.4 Å². The highest BCUT2D eigenvalue weighted by atomic mass is 32.2. The molecule has 0 heterocycles. The highest BCUT2D eigenvalue weighted by Crippen LogP contribution is 2.38. The Morgan fingerprint density at radius 2 is 1.82 bits per heavy atom. The molecule has 0 radical (unpaired) electrons. The Kier molecular flexibility index (Phi) is 2.93. The van der Waals surface area contributed by atoms with E-state index in [1.165, 1.54) is 6.07 Å². The number of sulfone groups is 1. The number of halogens is 3. The van der Waals surface area contributed by atoms with E-state index in [0.29, 0.717) is 5.56 Å². The van der Waals surface area contributed by atoms with Gasteiger partial charge in [-0.25, -0.2) is 8.42 Å². The van der Waals surface area contributed by atoms with Crippen LogP contribution in [0.25, 0.3) is 0 Å². The molecule has 0 bridgehead atoms. The van der Waals surface area contributed by atoms with Gasteiger partial charge < -0.3 is 0 Å². The molecule has 2 rings (SSSR count). The third-order valence-corrected chi connectivity index (χ3v) is 4.53. The van der Waals surface area contributed by atoms with Gasteiger partial charge >= 0.3 is 5.51 Å². The van der Waals surface area contributed by atoms with Gasteiger partial charge in [-0.1, -0.05) is 18.6 Å². The zero-order valence-corrected chi connectivity index (χ0v) is 9.68. The maximum atomic E-state index is 12.4.